The van der Waals surface area contributed by atoms with Gasteiger partial charge in [-0.25, -0.2) is 43.7 Å². The third-order valence-corrected chi connectivity index (χ3v) is 19.5. The number of pyridine rings is 2. The molecule has 6 amide bonds. The lowest BCUT2D eigenvalue weighted by Gasteiger charge is -2.46. The van der Waals surface area contributed by atoms with Crippen molar-refractivity contribution in [3.63, 3.8) is 0 Å². The molecule has 40 heteroatoms. The number of fused-ring (bicyclic) bond motifs is 6. The molecule has 0 saturated carbocycles. The van der Waals surface area contributed by atoms with Crippen LogP contribution in [-0.4, -0.2) is 222 Å². The van der Waals surface area contributed by atoms with Crippen molar-refractivity contribution in [1.82, 2.24) is 65.0 Å². The number of amides is 6. The molecule has 5 aromatic heterocycles. The smallest absolute Gasteiger partial charge is 0.437 e. The van der Waals surface area contributed by atoms with Gasteiger partial charge in [-0.05, 0) is 209 Å². The Bertz CT molecular complexity index is 4910. The minimum absolute atomic E-state index is 0. The van der Waals surface area contributed by atoms with Gasteiger partial charge in [-0.1, -0.05) is 46.4 Å². The summed E-state index contributed by atoms with van der Waals surface area (Å²) in [6.07, 6.45) is -8.10. The lowest BCUT2D eigenvalue weighted by molar-refractivity contribution is -0.141. The number of guanidine groups is 1. The maximum atomic E-state index is 14.0. The number of aliphatic imine (C=N–C) groups is 2. The maximum absolute atomic E-state index is 14.0. The second kappa shape index (κ2) is 38.0. The lowest BCUT2D eigenvalue weighted by atomic mass is 9.96. The molecule has 4 atom stereocenters. The van der Waals surface area contributed by atoms with Gasteiger partial charge >= 0.3 is 48.9 Å². The van der Waals surface area contributed by atoms with Crippen molar-refractivity contribution in [3.05, 3.63) is 133 Å². The maximum Gasteiger partial charge on any atom is 0.437 e. The van der Waals surface area contributed by atoms with Crippen molar-refractivity contribution in [2.24, 2.45) is 15.7 Å². The summed E-state index contributed by atoms with van der Waals surface area (Å²) in [6.45, 7) is 34.4. The molecule has 2 aromatic carbocycles. The van der Waals surface area contributed by atoms with Crippen LogP contribution in [0, 0.1) is 0 Å². The van der Waals surface area contributed by atoms with Gasteiger partial charge in [-0.15, -0.1) is 4.99 Å². The van der Waals surface area contributed by atoms with Crippen LogP contribution in [0.4, 0.5) is 66.7 Å². The highest BCUT2D eigenvalue weighted by atomic mass is 35.5. The molecule has 4 aliphatic rings. The Morgan fingerprint density at radius 3 is 1.30 bits per heavy atom. The van der Waals surface area contributed by atoms with Gasteiger partial charge < -0.3 is 63.7 Å². The highest BCUT2D eigenvalue weighted by Gasteiger charge is 2.44. The van der Waals surface area contributed by atoms with Gasteiger partial charge in [0.15, 0.2) is 11.4 Å². The topological polar surface area (TPSA) is 339 Å². The lowest BCUT2D eigenvalue weighted by Crippen LogP contribution is -2.60. The van der Waals surface area contributed by atoms with E-state index in [-0.39, 0.29) is 90.8 Å². The summed E-state index contributed by atoms with van der Waals surface area (Å²) in [4.78, 5) is 114. The number of aromatic amines is 2. The molecule has 0 spiro atoms. The minimum atomic E-state index is -4.80. The van der Waals surface area contributed by atoms with Gasteiger partial charge in [-0.3, -0.25) is 35.3 Å². The fraction of sp³-hybridized carbons (Fsp3) is 0.543. The largest absolute Gasteiger partial charge is 0.444 e. The predicted molar refractivity (Wildman–Crippen MR) is 454 cm³/mol. The first-order chi connectivity index (χ1) is 56.0. The zero-order chi connectivity index (χ0) is 89.6. The van der Waals surface area contributed by atoms with Crippen LogP contribution in [0.1, 0.15) is 173 Å². The number of alkyl halides is 6. The molecule has 30 nitrogen and oxygen atoms in total. The fourth-order valence-corrected chi connectivity index (χ4v) is 14.6. The number of halogens is 10. The van der Waals surface area contributed by atoms with E-state index in [0.717, 1.165) is 45.2 Å². The molecule has 121 heavy (non-hydrogen) atoms. The Balaban J connectivity index is 0.000000277. The number of nitrogens with zero attached hydrogens (tertiary/aromatic N) is 12. The fourth-order valence-electron chi connectivity index (χ4n) is 13.8. The van der Waals surface area contributed by atoms with E-state index in [4.69, 9.17) is 80.6 Å². The number of nitrogens with one attached hydrogen (secondary N) is 5. The van der Waals surface area contributed by atoms with E-state index in [1.54, 1.807) is 140 Å². The van der Waals surface area contributed by atoms with Crippen molar-refractivity contribution in [3.8, 4) is 0 Å². The third kappa shape index (κ3) is 27.2. The van der Waals surface area contributed by atoms with Crippen molar-refractivity contribution in [2.75, 3.05) is 88.3 Å². The van der Waals surface area contributed by atoms with E-state index >= 15 is 0 Å². The highest BCUT2D eigenvalue weighted by molar-refractivity contribution is 6.32. The first-order valence-electron chi connectivity index (χ1n) is 39.1. The number of anilines is 2. The molecular weight excluding hydrogens is 1670 g/mol. The number of hydrogen-bond acceptors (Lipinski definition) is 21. The van der Waals surface area contributed by atoms with Crippen LogP contribution < -0.4 is 31.5 Å². The normalized spacial score (nSPS) is 17.9. The average Bonchev–Trinajstić information content (AvgIpc) is 1.64. The van der Waals surface area contributed by atoms with E-state index in [1.165, 1.54) is 58.0 Å². The second-order valence-electron chi connectivity index (χ2n) is 35.2. The van der Waals surface area contributed by atoms with E-state index < -0.39 is 116 Å². The van der Waals surface area contributed by atoms with Crippen LogP contribution in [0.25, 0.3) is 21.8 Å². The summed E-state index contributed by atoms with van der Waals surface area (Å²) >= 11 is 24.5. The molecule has 4 aliphatic heterocycles. The molecule has 7 aromatic rings. The van der Waals surface area contributed by atoms with Crippen LogP contribution in [-0.2, 0) is 53.6 Å². The Kier molecular flexibility index (Phi) is 29.9. The number of rotatable bonds is 9. The number of carbonyl (C=O) groups excluding carboxylic acids is 6. The number of alkyl carbamates (subject to hydrolysis) is 3. The van der Waals surface area contributed by atoms with E-state index in [1.807, 2.05) is 35.2 Å². The van der Waals surface area contributed by atoms with Crippen LogP contribution >= 0.6 is 46.4 Å². The van der Waals surface area contributed by atoms with Gasteiger partial charge in [0.2, 0.25) is 11.9 Å². The molecule has 4 unspecified atom stereocenters. The number of imidazole rings is 1. The van der Waals surface area contributed by atoms with Gasteiger partial charge in [0.1, 0.15) is 51.6 Å². The molecular formula is C81H110Cl4F6N18O12. The molecule has 2 fully saturated rings. The molecule has 7 N–H and O–H groups in total. The predicted octanol–water partition coefficient (Wildman–Crippen LogP) is 17.2. The van der Waals surface area contributed by atoms with Gasteiger partial charge in [0.25, 0.3) is 0 Å². The molecule has 0 aliphatic carbocycles. The second-order valence-corrected chi connectivity index (χ2v) is 36.9. The quantitative estimate of drug-likeness (QED) is 0.0338. The first kappa shape index (κ1) is 95.2. The molecule has 11 rings (SSSR count). The summed E-state index contributed by atoms with van der Waals surface area (Å²) in [5.74, 6) is -0.0857. The highest BCUT2D eigenvalue weighted by Crippen LogP contribution is 2.42. The monoisotopic (exact) mass is 1780 g/mol. The zero-order valence-corrected chi connectivity index (χ0v) is 73.9. The van der Waals surface area contributed by atoms with E-state index in [0.29, 0.717) is 42.6 Å². The van der Waals surface area contributed by atoms with Gasteiger partial charge in [0.05, 0.1) is 40.8 Å². The van der Waals surface area contributed by atoms with Crippen LogP contribution in [0.3, 0.4) is 0 Å². The number of H-pyrrole nitrogens is 2. The Hall–Kier alpha value is -9.59. The molecule has 2 saturated heterocycles. The Morgan fingerprint density at radius 1 is 0.521 bits per heavy atom. The van der Waals surface area contributed by atoms with Crippen molar-refractivity contribution in [2.45, 2.75) is 208 Å². The number of ether oxygens (including phenoxy) is 6. The number of nitrogens with two attached hydrogens (primary N) is 1. The number of carbonyl (C=O) groups is 6. The summed E-state index contributed by atoms with van der Waals surface area (Å²) < 4.78 is 117. The molecule has 666 valence electrons. The van der Waals surface area contributed by atoms with Crippen LogP contribution in [0.5, 0.6) is 0 Å². The standard InChI is InChI=1S/C39H51Cl2F3N8O6.C28H33Cl2F3N6O2.C14H22N4O4.2H2/c1-36(2,3)56-33(53)48-32(49-34(54)57-37(4,5)6)45-19-28-30-24(25-18-22(40)10-12-27(25)46-30)14-15-50(28)20-23-21-51(35(55)58-38(7,8)9)16-17-52(23)29-13-11-26(41)31(47-29)39(42,43)44;1-27(2,3)41-26(40)38-10-11-39(23-7-5-20(30)25(36-23)28(31,32)33)17(15-38)14-37-9-8-18-19-12-16(29)4-6-21(19)35-24(18)22(37)13-34;1-13(2,3)21-11(19)16-10(18-8-7-15-9-18)17-12(20)22-14(4,5)6;;/h10-13,18,23,28,46H,14-17,19-21H2,1-9H3,(H2,45,48,49,53,54);4-7,12,17,22,35H,8-11,13-15,34H2,1-3H3;7-9H,1-6H3,(H,16,17,19,20);2*1H. The van der Waals surface area contributed by atoms with E-state index in [2.05, 4.69) is 60.7 Å². The number of piperazine rings is 2. The van der Waals surface area contributed by atoms with E-state index in [9.17, 15) is 55.1 Å². The minimum Gasteiger partial charge on any atom is -0.444 e. The van der Waals surface area contributed by atoms with Crippen molar-refractivity contribution in [1.29, 1.82) is 0 Å². The first-order valence-corrected chi connectivity index (χ1v) is 40.6. The number of aromatic nitrogens is 6. The number of hydrogen-bond donors (Lipinski definition) is 6. The zero-order valence-electron chi connectivity index (χ0n) is 70.8. The summed E-state index contributed by atoms with van der Waals surface area (Å²) in [7, 11) is 0. The Labute approximate surface area is 721 Å². The molecule has 0 radical (unpaired) electrons. The van der Waals surface area contributed by atoms with Crippen LogP contribution in [0.15, 0.2) is 89.4 Å². The average molecular weight is 1780 g/mol. The molecule has 0 bridgehead atoms. The van der Waals surface area contributed by atoms with Crippen LogP contribution in [0.2, 0.25) is 20.1 Å². The molecule has 9 heterocycles. The Morgan fingerprint density at radius 2 is 0.917 bits per heavy atom. The van der Waals surface area contributed by atoms with Gasteiger partial charge in [0, 0.05) is 130 Å². The number of benzene rings is 2. The third-order valence-electron chi connectivity index (χ3n) is 18.4. The summed E-state index contributed by atoms with van der Waals surface area (Å²) in [5.41, 5.74) is 5.15. The van der Waals surface area contributed by atoms with Crippen molar-refractivity contribution >= 4 is 128 Å². The summed E-state index contributed by atoms with van der Waals surface area (Å²) in [6, 6.07) is 14.8. The SMILES string of the molecule is CC(C)(C)OC(=O)N1CCN(c2ccc(Cl)c(C(F)(F)F)n2)C(CN2CCc3c([nH]c4ccc(Cl)cc34)C2CN)C1.CC(C)(C)OC(=O)N=C(NC(=O)OC(C)(C)C)n1ccnc1.CC(C)(C)OC(=O)NC(=NCC1c2[nH]c3ccc(Cl)cc3c2CCN1CC1CN(C(=O)OC(C)(C)C)CCN1c1ccc(Cl)c(C(F)(F)F)n1)NC(=O)OC(C)(C)C.[HH].[HH]. The van der Waals surface area contributed by atoms with Gasteiger partial charge in [-0.2, -0.15) is 26.3 Å². The van der Waals surface area contributed by atoms with Crippen molar-refractivity contribution < 1.29 is 86.4 Å². The summed E-state index contributed by atoms with van der Waals surface area (Å²) in [5, 5.41) is 9.63.